The zero-order valence-corrected chi connectivity index (χ0v) is 26.7. The molecule has 2 nitrogen and oxygen atoms in total. The van der Waals surface area contributed by atoms with E-state index < -0.39 is 30.2 Å². The standard InChI is InChI=1S/C48H31NO/c1-2-12-37-31-38(20-19-32(37)9-1)33-21-26-39(27-22-33)49(45-17-7-13-34-10-3-5-14-41(34)45)40-28-23-36(24-29-40)42-16-8-18-46-47(42)44-30-25-35-11-4-6-15-43(35)48(44)50-46/h1-31H/i3D,5D,7D,10D,13D,14D,17D. The zero-order chi connectivity index (χ0) is 39.1. The molecule has 0 aliphatic carbocycles. The quantitative estimate of drug-likeness (QED) is 0.185. The van der Waals surface area contributed by atoms with Crippen LogP contribution in [0.15, 0.2) is 192 Å². The maximum atomic E-state index is 9.26. The van der Waals surface area contributed by atoms with Gasteiger partial charge in [-0.15, -0.1) is 0 Å². The Kier molecular flexibility index (Phi) is 5.08. The Morgan fingerprint density at radius 2 is 1.12 bits per heavy atom. The van der Waals surface area contributed by atoms with E-state index in [0.29, 0.717) is 11.4 Å². The van der Waals surface area contributed by atoms with E-state index in [2.05, 4.69) is 60.7 Å². The molecular formula is C48H31NO. The average Bonchev–Trinajstić information content (AvgIpc) is 3.65. The van der Waals surface area contributed by atoms with Crippen molar-refractivity contribution >= 4 is 71.3 Å². The fourth-order valence-corrected chi connectivity index (χ4v) is 7.13. The Morgan fingerprint density at radius 1 is 0.440 bits per heavy atom. The molecular weight excluding hydrogens is 607 g/mol. The molecule has 0 aliphatic rings. The van der Waals surface area contributed by atoms with Crippen molar-refractivity contribution in [2.75, 3.05) is 4.90 Å². The third kappa shape index (κ3) is 4.65. The van der Waals surface area contributed by atoms with Crippen molar-refractivity contribution in [3.63, 3.8) is 0 Å². The number of furan rings is 1. The van der Waals surface area contributed by atoms with Crippen LogP contribution in [0.25, 0.3) is 76.5 Å². The van der Waals surface area contributed by atoms with Crippen molar-refractivity contribution in [1.82, 2.24) is 0 Å². The van der Waals surface area contributed by atoms with Crippen molar-refractivity contribution in [3.8, 4) is 22.3 Å². The van der Waals surface area contributed by atoms with Crippen LogP contribution in [0.2, 0.25) is 0 Å². The van der Waals surface area contributed by atoms with Gasteiger partial charge in [0.1, 0.15) is 11.2 Å². The lowest BCUT2D eigenvalue weighted by Crippen LogP contribution is -2.10. The molecule has 0 spiro atoms. The highest BCUT2D eigenvalue weighted by Crippen LogP contribution is 2.43. The molecule has 0 aliphatic heterocycles. The first-order chi connectivity index (χ1) is 27.7. The summed E-state index contributed by atoms with van der Waals surface area (Å²) in [4.78, 5) is 1.76. The van der Waals surface area contributed by atoms with E-state index in [1.807, 2.05) is 84.9 Å². The molecule has 1 heterocycles. The maximum absolute atomic E-state index is 9.26. The number of hydrogen-bond donors (Lipinski definition) is 0. The van der Waals surface area contributed by atoms with Crippen LogP contribution in [0, 0.1) is 0 Å². The van der Waals surface area contributed by atoms with Crippen molar-refractivity contribution < 1.29 is 14.0 Å². The summed E-state index contributed by atoms with van der Waals surface area (Å²) < 4.78 is 68.1. The van der Waals surface area contributed by atoms with Crippen LogP contribution in [0.3, 0.4) is 0 Å². The number of nitrogens with zero attached hydrogens (tertiary/aromatic N) is 1. The van der Waals surface area contributed by atoms with Gasteiger partial charge in [0.2, 0.25) is 0 Å². The van der Waals surface area contributed by atoms with Gasteiger partial charge in [-0.2, -0.15) is 0 Å². The lowest BCUT2D eigenvalue weighted by atomic mass is 9.97. The average molecular weight is 645 g/mol. The molecule has 0 radical (unpaired) electrons. The van der Waals surface area contributed by atoms with Crippen LogP contribution < -0.4 is 4.90 Å². The van der Waals surface area contributed by atoms with Gasteiger partial charge in [-0.25, -0.2) is 0 Å². The van der Waals surface area contributed by atoms with Crippen LogP contribution in [-0.4, -0.2) is 0 Å². The summed E-state index contributed by atoms with van der Waals surface area (Å²) in [5, 5.41) is 6.31. The van der Waals surface area contributed by atoms with Gasteiger partial charge in [-0.05, 0) is 92.3 Å². The third-order valence-electron chi connectivity index (χ3n) is 9.55. The molecule has 2 heteroatoms. The van der Waals surface area contributed by atoms with Gasteiger partial charge in [0.15, 0.2) is 0 Å². The minimum Gasteiger partial charge on any atom is -0.455 e. The molecule has 10 rings (SSSR count). The highest BCUT2D eigenvalue weighted by Gasteiger charge is 2.18. The molecule has 0 bridgehead atoms. The van der Waals surface area contributed by atoms with E-state index in [1.54, 1.807) is 4.90 Å². The Bertz CT molecular complexity index is 3260. The molecule has 0 unspecified atom stereocenters. The predicted molar refractivity (Wildman–Crippen MR) is 212 cm³/mol. The largest absolute Gasteiger partial charge is 0.455 e. The van der Waals surface area contributed by atoms with Crippen LogP contribution in [0.5, 0.6) is 0 Å². The van der Waals surface area contributed by atoms with Gasteiger partial charge >= 0.3 is 0 Å². The van der Waals surface area contributed by atoms with Crippen molar-refractivity contribution in [2.24, 2.45) is 0 Å². The molecule has 0 saturated heterocycles. The van der Waals surface area contributed by atoms with Crippen molar-refractivity contribution in [1.29, 1.82) is 0 Å². The topological polar surface area (TPSA) is 16.4 Å². The second kappa shape index (κ2) is 11.5. The van der Waals surface area contributed by atoms with Gasteiger partial charge in [0.05, 0.1) is 15.3 Å². The van der Waals surface area contributed by atoms with E-state index >= 15 is 0 Å². The first kappa shape index (κ1) is 22.1. The van der Waals surface area contributed by atoms with Gasteiger partial charge in [0, 0.05) is 32.9 Å². The SMILES string of the molecule is [2H]c1c([2H])c([2H])c2c(N(c3ccc(-c4ccc5ccccc5c4)cc3)c3ccc(-c4cccc5oc6c7ccccc7ccc6c45)cc3)c([2H])c([2H])c([2H])c2c1[2H]. The minimum absolute atomic E-state index is 0.0107. The normalized spacial score (nSPS) is 13.6. The summed E-state index contributed by atoms with van der Waals surface area (Å²) in [5.41, 5.74) is 6.81. The lowest BCUT2D eigenvalue weighted by molar-refractivity contribution is 0.673. The third-order valence-corrected chi connectivity index (χ3v) is 9.55. The van der Waals surface area contributed by atoms with Crippen molar-refractivity contribution in [2.45, 2.75) is 0 Å². The number of rotatable bonds is 5. The Balaban J connectivity index is 1.17. The first-order valence-corrected chi connectivity index (χ1v) is 16.5. The number of fused-ring (bicyclic) bond motifs is 7. The smallest absolute Gasteiger partial charge is 0.143 e. The monoisotopic (exact) mass is 644 g/mol. The minimum atomic E-state index is -0.492. The van der Waals surface area contributed by atoms with Crippen LogP contribution in [0.4, 0.5) is 17.1 Å². The van der Waals surface area contributed by atoms with E-state index in [9.17, 15) is 1.37 Å². The van der Waals surface area contributed by atoms with Gasteiger partial charge in [0.25, 0.3) is 0 Å². The van der Waals surface area contributed by atoms with Gasteiger partial charge < -0.3 is 9.32 Å². The summed E-state index contributed by atoms with van der Waals surface area (Å²) >= 11 is 0. The Labute approximate surface area is 299 Å². The van der Waals surface area contributed by atoms with Gasteiger partial charge in [-0.3, -0.25) is 0 Å². The number of hydrogen-bond acceptors (Lipinski definition) is 2. The number of benzene rings is 9. The Morgan fingerprint density at radius 3 is 1.96 bits per heavy atom. The summed E-state index contributed by atoms with van der Waals surface area (Å²) in [5.74, 6) is 0. The van der Waals surface area contributed by atoms with E-state index in [0.717, 1.165) is 65.7 Å². The lowest BCUT2D eigenvalue weighted by Gasteiger charge is -2.27. The second-order valence-electron chi connectivity index (χ2n) is 12.4. The molecule has 0 atom stereocenters. The molecule has 0 fully saturated rings. The number of anilines is 3. The molecule has 0 saturated carbocycles. The molecule has 234 valence electrons. The fraction of sp³-hybridized carbons (Fsp3) is 0. The Hall–Kier alpha value is -6.64. The summed E-state index contributed by atoms with van der Waals surface area (Å²) in [7, 11) is 0. The maximum Gasteiger partial charge on any atom is 0.143 e. The van der Waals surface area contributed by atoms with Crippen LogP contribution in [0.1, 0.15) is 9.60 Å². The van der Waals surface area contributed by atoms with E-state index in [1.165, 1.54) is 0 Å². The van der Waals surface area contributed by atoms with Crippen molar-refractivity contribution in [3.05, 3.63) is 188 Å². The molecule has 9 aromatic carbocycles. The van der Waals surface area contributed by atoms with Gasteiger partial charge in [-0.1, -0.05) is 139 Å². The predicted octanol–water partition coefficient (Wildman–Crippen LogP) is 13.8. The molecule has 50 heavy (non-hydrogen) atoms. The van der Waals surface area contributed by atoms with E-state index in [4.69, 9.17) is 12.6 Å². The molecule has 1 aromatic heterocycles. The molecule has 0 amide bonds. The van der Waals surface area contributed by atoms with Crippen LogP contribution in [-0.2, 0) is 0 Å². The summed E-state index contributed by atoms with van der Waals surface area (Å²) in [6.45, 7) is 0. The highest BCUT2D eigenvalue weighted by molar-refractivity contribution is 6.19. The second-order valence-corrected chi connectivity index (χ2v) is 12.4. The molecule has 0 N–H and O–H groups in total. The highest BCUT2D eigenvalue weighted by atomic mass is 16.3. The first-order valence-electron chi connectivity index (χ1n) is 20.0. The van der Waals surface area contributed by atoms with Crippen LogP contribution >= 0.6 is 0 Å². The zero-order valence-electron chi connectivity index (χ0n) is 33.7. The summed E-state index contributed by atoms with van der Waals surface area (Å²) in [6, 6.07) is 45.5. The van der Waals surface area contributed by atoms with E-state index in [-0.39, 0.29) is 28.5 Å². The fourth-order valence-electron chi connectivity index (χ4n) is 7.13. The molecule has 10 aromatic rings. The summed E-state index contributed by atoms with van der Waals surface area (Å²) in [6.07, 6.45) is 0.